The summed E-state index contributed by atoms with van der Waals surface area (Å²) in [5.41, 5.74) is 0.883. The van der Waals surface area contributed by atoms with Gasteiger partial charge in [-0.1, -0.05) is 50.2 Å². The number of benzene rings is 2. The molecule has 2 aliphatic heterocycles. The lowest BCUT2D eigenvalue weighted by Crippen LogP contribution is -2.58. The summed E-state index contributed by atoms with van der Waals surface area (Å²) in [5.74, 6) is -0.185. The summed E-state index contributed by atoms with van der Waals surface area (Å²) in [5, 5.41) is 22.5. The molecule has 2 heterocycles. The van der Waals surface area contributed by atoms with E-state index in [9.17, 15) is 28.2 Å². The highest BCUT2D eigenvalue weighted by atomic mass is 32.2. The maximum absolute atomic E-state index is 14.3. The molecular weight excluding hydrogens is 598 g/mol. The number of rotatable bonds is 15. The second kappa shape index (κ2) is 14.6. The first kappa shape index (κ1) is 34.8. The van der Waals surface area contributed by atoms with Crippen LogP contribution in [0.5, 0.6) is 0 Å². The van der Waals surface area contributed by atoms with E-state index in [2.05, 4.69) is 0 Å². The Hall–Kier alpha value is -3.03. The van der Waals surface area contributed by atoms with Gasteiger partial charge < -0.3 is 29.4 Å². The third-order valence-electron chi connectivity index (χ3n) is 8.80. The molecule has 11 nitrogen and oxygen atoms in total. The van der Waals surface area contributed by atoms with Gasteiger partial charge in [-0.2, -0.15) is 4.31 Å². The van der Waals surface area contributed by atoms with Crippen molar-refractivity contribution in [2.24, 2.45) is 11.3 Å². The smallest absolute Gasteiger partial charge is 0.407 e. The van der Waals surface area contributed by atoms with Gasteiger partial charge in [-0.15, -0.1) is 0 Å². The van der Waals surface area contributed by atoms with Crippen molar-refractivity contribution in [1.29, 1.82) is 0 Å². The van der Waals surface area contributed by atoms with Crippen LogP contribution in [-0.2, 0) is 30.7 Å². The molecule has 0 bridgehead atoms. The monoisotopic (exact) mass is 645 g/mol. The summed E-state index contributed by atoms with van der Waals surface area (Å²) in [6.07, 6.45) is -1.59. The fourth-order valence-corrected chi connectivity index (χ4v) is 7.94. The Labute approximate surface area is 266 Å². The van der Waals surface area contributed by atoms with Gasteiger partial charge >= 0.3 is 6.09 Å². The molecule has 45 heavy (non-hydrogen) atoms. The minimum atomic E-state index is -4.16. The number of amides is 1. The van der Waals surface area contributed by atoms with Crippen molar-refractivity contribution in [2.75, 3.05) is 45.3 Å². The average Bonchev–Trinajstić information content (AvgIpc) is 3.61. The van der Waals surface area contributed by atoms with Crippen LogP contribution in [-0.4, -0.2) is 105 Å². The van der Waals surface area contributed by atoms with E-state index in [1.54, 1.807) is 23.1 Å². The SMILES string of the molecule is CC(=O)CCC(C)(C)CN(C[C@@H](O)[C@H](Cc1ccccc1)N(C(=O)O)[C@H]1CO[C@H]2OCC[C@H]21)S(=O)(=O)c1cccc(N(C)C)c1. The lowest BCUT2D eigenvalue weighted by atomic mass is 9.87. The van der Waals surface area contributed by atoms with Gasteiger partial charge in [0.2, 0.25) is 10.0 Å². The predicted molar refractivity (Wildman–Crippen MR) is 171 cm³/mol. The topological polar surface area (TPSA) is 137 Å². The summed E-state index contributed by atoms with van der Waals surface area (Å²) >= 11 is 0. The zero-order valence-electron chi connectivity index (χ0n) is 26.8. The number of nitrogens with zero attached hydrogens (tertiary/aromatic N) is 3. The second-order valence-corrected chi connectivity index (χ2v) is 15.1. The predicted octanol–water partition coefficient (Wildman–Crippen LogP) is 3.85. The second-order valence-electron chi connectivity index (χ2n) is 13.2. The van der Waals surface area contributed by atoms with Gasteiger partial charge in [-0.05, 0) is 55.4 Å². The lowest BCUT2D eigenvalue weighted by molar-refractivity contribution is -0.117. The molecule has 2 fully saturated rings. The lowest BCUT2D eigenvalue weighted by Gasteiger charge is -2.40. The number of carbonyl (C=O) groups is 2. The number of fused-ring (bicyclic) bond motifs is 1. The number of carboxylic acid groups (broad SMARTS) is 1. The summed E-state index contributed by atoms with van der Waals surface area (Å²) < 4.78 is 41.3. The van der Waals surface area contributed by atoms with Gasteiger partial charge in [0.05, 0.1) is 36.3 Å². The summed E-state index contributed by atoms with van der Waals surface area (Å²) in [6, 6.07) is 14.3. The van der Waals surface area contributed by atoms with E-state index >= 15 is 0 Å². The van der Waals surface area contributed by atoms with E-state index in [1.807, 2.05) is 58.3 Å². The number of Topliss-reactive ketones (excluding diaryl/α,β-unsaturated/α-hetero) is 1. The maximum Gasteiger partial charge on any atom is 0.407 e. The van der Waals surface area contributed by atoms with Crippen LogP contribution in [0.4, 0.5) is 10.5 Å². The third-order valence-corrected chi connectivity index (χ3v) is 10.6. The molecule has 0 unspecified atom stereocenters. The van der Waals surface area contributed by atoms with Crippen LogP contribution >= 0.6 is 0 Å². The Morgan fingerprint density at radius 2 is 1.78 bits per heavy atom. The van der Waals surface area contributed by atoms with Crippen molar-refractivity contribution in [2.45, 2.75) is 75.8 Å². The number of carbonyl (C=O) groups excluding carboxylic acids is 1. The van der Waals surface area contributed by atoms with E-state index in [-0.39, 0.29) is 49.1 Å². The van der Waals surface area contributed by atoms with E-state index in [1.165, 1.54) is 22.2 Å². The molecule has 2 aromatic carbocycles. The van der Waals surface area contributed by atoms with Gasteiger partial charge in [0.25, 0.3) is 0 Å². The summed E-state index contributed by atoms with van der Waals surface area (Å²) in [4.78, 5) is 27.9. The highest BCUT2D eigenvalue weighted by molar-refractivity contribution is 7.89. The zero-order chi connectivity index (χ0) is 32.9. The van der Waals surface area contributed by atoms with Crippen molar-refractivity contribution >= 4 is 27.6 Å². The molecule has 0 aromatic heterocycles. The van der Waals surface area contributed by atoms with Crippen LogP contribution in [0.1, 0.15) is 45.6 Å². The minimum Gasteiger partial charge on any atom is -0.465 e. The first-order chi connectivity index (χ1) is 21.2. The van der Waals surface area contributed by atoms with Crippen molar-refractivity contribution in [3.63, 3.8) is 0 Å². The van der Waals surface area contributed by atoms with E-state index in [4.69, 9.17) is 9.47 Å². The molecule has 0 radical (unpaired) electrons. The highest BCUT2D eigenvalue weighted by Gasteiger charge is 2.49. The molecule has 2 N–H and O–H groups in total. The van der Waals surface area contributed by atoms with Gasteiger partial charge in [0, 0.05) is 45.2 Å². The Kier molecular flexibility index (Phi) is 11.3. The summed E-state index contributed by atoms with van der Waals surface area (Å²) in [6.45, 7) is 5.53. The Morgan fingerprint density at radius 1 is 1.07 bits per heavy atom. The molecule has 2 aliphatic rings. The van der Waals surface area contributed by atoms with Crippen LogP contribution < -0.4 is 4.90 Å². The number of aliphatic hydroxyl groups excluding tert-OH is 1. The number of sulfonamides is 1. The summed E-state index contributed by atoms with van der Waals surface area (Å²) in [7, 11) is -0.521. The molecule has 2 saturated heterocycles. The van der Waals surface area contributed by atoms with Crippen LogP contribution in [0, 0.1) is 11.3 Å². The number of anilines is 1. The van der Waals surface area contributed by atoms with Crippen molar-refractivity contribution in [1.82, 2.24) is 9.21 Å². The molecule has 5 atom stereocenters. The molecule has 0 saturated carbocycles. The average molecular weight is 646 g/mol. The molecule has 1 amide bonds. The Morgan fingerprint density at radius 3 is 2.42 bits per heavy atom. The zero-order valence-corrected chi connectivity index (χ0v) is 27.7. The van der Waals surface area contributed by atoms with Crippen LogP contribution in [0.2, 0.25) is 0 Å². The molecule has 248 valence electrons. The number of ketones is 1. The Bertz CT molecular complexity index is 1420. The fourth-order valence-electron chi connectivity index (χ4n) is 6.25. The van der Waals surface area contributed by atoms with Gasteiger partial charge in [-0.25, -0.2) is 13.2 Å². The van der Waals surface area contributed by atoms with Gasteiger partial charge in [-0.3, -0.25) is 4.90 Å². The standard InChI is InChI=1S/C33H47N3O8S/c1-23(37)14-16-33(2,3)22-35(45(41,42)26-13-9-12-25(19-26)34(4)5)20-30(38)28(18-24-10-7-6-8-11-24)36(32(39)40)29-21-44-31-27(29)15-17-43-31/h6-13,19,27-31,38H,14-18,20-22H2,1-5H3,(H,39,40)/t27-,28-,29-,30+,31+/m0/s1. The third kappa shape index (κ3) is 8.62. The number of ether oxygens (including phenoxy) is 2. The number of hydrogen-bond donors (Lipinski definition) is 2. The van der Waals surface area contributed by atoms with Crippen molar-refractivity contribution < 1.29 is 37.7 Å². The largest absolute Gasteiger partial charge is 0.465 e. The minimum absolute atomic E-state index is 0.00389. The van der Waals surface area contributed by atoms with E-state index in [0.29, 0.717) is 25.1 Å². The first-order valence-electron chi connectivity index (χ1n) is 15.4. The molecule has 2 aromatic rings. The van der Waals surface area contributed by atoms with E-state index in [0.717, 1.165) is 5.56 Å². The highest BCUT2D eigenvalue weighted by Crippen LogP contribution is 2.36. The maximum atomic E-state index is 14.3. The quantitative estimate of drug-likeness (QED) is 0.296. The van der Waals surface area contributed by atoms with Gasteiger partial charge in [0.15, 0.2) is 6.29 Å². The number of aliphatic hydroxyl groups is 1. The van der Waals surface area contributed by atoms with Crippen molar-refractivity contribution in [3.05, 3.63) is 60.2 Å². The molecule has 0 spiro atoms. The van der Waals surface area contributed by atoms with Crippen LogP contribution in [0.15, 0.2) is 59.5 Å². The van der Waals surface area contributed by atoms with Crippen LogP contribution in [0.25, 0.3) is 0 Å². The van der Waals surface area contributed by atoms with Crippen LogP contribution in [0.3, 0.4) is 0 Å². The normalized spacial score (nSPS) is 21.4. The van der Waals surface area contributed by atoms with Crippen molar-refractivity contribution in [3.8, 4) is 0 Å². The fraction of sp³-hybridized carbons (Fsp3) is 0.576. The Balaban J connectivity index is 1.73. The van der Waals surface area contributed by atoms with Gasteiger partial charge in [0.1, 0.15) is 5.78 Å². The first-order valence-corrected chi connectivity index (χ1v) is 16.9. The molecular formula is C33H47N3O8S. The molecule has 12 heteroatoms. The number of hydrogen-bond acceptors (Lipinski definition) is 8. The molecule has 0 aliphatic carbocycles. The van der Waals surface area contributed by atoms with E-state index < -0.39 is 46.0 Å². The molecule has 4 rings (SSSR count).